The van der Waals surface area contributed by atoms with Crippen LogP contribution < -0.4 is 5.32 Å². The number of carbonyl (C=O) groups is 1. The summed E-state index contributed by atoms with van der Waals surface area (Å²) in [4.78, 5) is 15.9. The molecule has 4 nitrogen and oxygen atoms in total. The van der Waals surface area contributed by atoms with Crippen molar-refractivity contribution < 1.29 is 18.0 Å². The number of rotatable bonds is 2. The Kier molecular flexibility index (Phi) is 8.78. The summed E-state index contributed by atoms with van der Waals surface area (Å²) in [5.41, 5.74) is 0. The summed E-state index contributed by atoms with van der Waals surface area (Å²) in [6, 6.07) is 0.337. The van der Waals surface area contributed by atoms with E-state index >= 15 is 0 Å². The Morgan fingerprint density at radius 1 is 1.00 bits per heavy atom. The predicted molar refractivity (Wildman–Crippen MR) is 95.5 cm³/mol. The highest BCUT2D eigenvalue weighted by Crippen LogP contribution is 2.33. The Labute approximate surface area is 159 Å². The fourth-order valence-electron chi connectivity index (χ4n) is 4.33. The molecule has 3 fully saturated rings. The van der Waals surface area contributed by atoms with Crippen molar-refractivity contribution in [2.45, 2.75) is 56.8 Å². The quantitative estimate of drug-likeness (QED) is 0.766. The van der Waals surface area contributed by atoms with Gasteiger partial charge in [-0.05, 0) is 31.6 Å². The molecule has 0 aromatic carbocycles. The predicted octanol–water partition coefficient (Wildman–Crippen LogP) is 2.85. The number of fused-ring (bicyclic) bond motifs is 1. The molecule has 3 atom stereocenters. The topological polar surface area (TPSA) is 35.6 Å². The van der Waals surface area contributed by atoms with Crippen LogP contribution in [0.2, 0.25) is 0 Å². The summed E-state index contributed by atoms with van der Waals surface area (Å²) in [7, 11) is 0. The SMILES string of the molecule is Cl.Cl.O=C(C1CC2CCCCC2N1)N1CCCN(CC(F)(F)F)CC1. The maximum Gasteiger partial charge on any atom is 0.401 e. The molecule has 0 aromatic heterocycles. The van der Waals surface area contributed by atoms with Crippen LogP contribution in [-0.4, -0.2) is 66.7 Å². The normalized spacial score (nSPS) is 30.7. The summed E-state index contributed by atoms with van der Waals surface area (Å²) < 4.78 is 37.5. The number of hydrogen-bond acceptors (Lipinski definition) is 3. The van der Waals surface area contributed by atoms with E-state index in [1.807, 2.05) is 0 Å². The van der Waals surface area contributed by atoms with E-state index in [1.165, 1.54) is 24.2 Å². The minimum absolute atomic E-state index is 0. The molecule has 2 saturated heterocycles. The monoisotopic (exact) mass is 405 g/mol. The molecule has 25 heavy (non-hydrogen) atoms. The van der Waals surface area contributed by atoms with Crippen LogP contribution in [0, 0.1) is 5.92 Å². The molecule has 3 rings (SSSR count). The van der Waals surface area contributed by atoms with Gasteiger partial charge in [-0.3, -0.25) is 9.69 Å². The van der Waals surface area contributed by atoms with E-state index in [0.717, 1.165) is 12.8 Å². The lowest BCUT2D eigenvalue weighted by atomic mass is 9.85. The van der Waals surface area contributed by atoms with E-state index in [-0.39, 0.29) is 36.8 Å². The Morgan fingerprint density at radius 2 is 1.72 bits per heavy atom. The number of nitrogens with one attached hydrogen (secondary N) is 1. The first kappa shape index (κ1) is 22.8. The molecule has 1 saturated carbocycles. The first-order valence-corrected chi connectivity index (χ1v) is 8.76. The summed E-state index contributed by atoms with van der Waals surface area (Å²) in [5.74, 6) is 0.694. The zero-order valence-electron chi connectivity index (χ0n) is 14.3. The lowest BCUT2D eigenvalue weighted by Crippen LogP contribution is -2.47. The van der Waals surface area contributed by atoms with Gasteiger partial charge in [0.05, 0.1) is 12.6 Å². The number of amides is 1. The Bertz CT molecular complexity index is 425. The number of carbonyl (C=O) groups excluding carboxylic acids is 1. The van der Waals surface area contributed by atoms with E-state index in [4.69, 9.17) is 0 Å². The second kappa shape index (κ2) is 9.62. The van der Waals surface area contributed by atoms with Crippen molar-refractivity contribution in [1.82, 2.24) is 15.1 Å². The third kappa shape index (κ3) is 6.15. The van der Waals surface area contributed by atoms with Gasteiger partial charge in [0.2, 0.25) is 5.91 Å². The molecule has 0 aromatic rings. The summed E-state index contributed by atoms with van der Waals surface area (Å²) in [5, 5.41) is 3.48. The summed E-state index contributed by atoms with van der Waals surface area (Å²) >= 11 is 0. The van der Waals surface area contributed by atoms with Crippen molar-refractivity contribution in [3.8, 4) is 0 Å². The van der Waals surface area contributed by atoms with Gasteiger partial charge >= 0.3 is 6.18 Å². The largest absolute Gasteiger partial charge is 0.401 e. The van der Waals surface area contributed by atoms with Gasteiger partial charge in [-0.1, -0.05) is 12.8 Å². The fraction of sp³-hybridized carbons (Fsp3) is 0.938. The van der Waals surface area contributed by atoms with Crippen LogP contribution in [0.25, 0.3) is 0 Å². The standard InChI is InChI=1S/C16H26F3N3O.2ClH/c17-16(18,19)11-21-6-3-7-22(9-8-21)15(23)14-10-12-4-1-2-5-13(12)20-14;;/h12-14,20H,1-11H2;2*1H. The molecule has 0 spiro atoms. The molecule has 3 aliphatic rings. The Morgan fingerprint density at radius 3 is 2.40 bits per heavy atom. The Balaban J connectivity index is 0.00000156. The molecule has 148 valence electrons. The molecule has 1 N–H and O–H groups in total. The van der Waals surface area contributed by atoms with Gasteiger partial charge in [-0.25, -0.2) is 0 Å². The van der Waals surface area contributed by atoms with Crippen molar-refractivity contribution in [3.05, 3.63) is 0 Å². The van der Waals surface area contributed by atoms with Crippen molar-refractivity contribution in [2.24, 2.45) is 5.92 Å². The molecule has 9 heteroatoms. The average molecular weight is 406 g/mol. The highest BCUT2D eigenvalue weighted by Gasteiger charge is 2.40. The highest BCUT2D eigenvalue weighted by molar-refractivity contribution is 5.85. The van der Waals surface area contributed by atoms with Crippen LogP contribution in [0.15, 0.2) is 0 Å². The lowest BCUT2D eigenvalue weighted by molar-refractivity contribution is -0.145. The van der Waals surface area contributed by atoms with E-state index in [2.05, 4.69) is 5.32 Å². The van der Waals surface area contributed by atoms with Crippen LogP contribution in [0.3, 0.4) is 0 Å². The van der Waals surface area contributed by atoms with Crippen molar-refractivity contribution >= 4 is 30.7 Å². The summed E-state index contributed by atoms with van der Waals surface area (Å²) in [6.07, 6.45) is 2.16. The Hall–Kier alpha value is -0.240. The zero-order chi connectivity index (χ0) is 16.4. The van der Waals surface area contributed by atoms with Gasteiger partial charge in [0.1, 0.15) is 0 Å². The van der Waals surface area contributed by atoms with Gasteiger partial charge in [-0.15, -0.1) is 24.8 Å². The third-order valence-electron chi connectivity index (χ3n) is 5.46. The first-order chi connectivity index (χ1) is 10.9. The van der Waals surface area contributed by atoms with Crippen molar-refractivity contribution in [3.63, 3.8) is 0 Å². The third-order valence-corrected chi connectivity index (χ3v) is 5.46. The minimum atomic E-state index is -4.16. The lowest BCUT2D eigenvalue weighted by Gasteiger charge is -2.25. The molecule has 3 unspecified atom stereocenters. The minimum Gasteiger partial charge on any atom is -0.340 e. The fourth-order valence-corrected chi connectivity index (χ4v) is 4.33. The number of alkyl halides is 3. The smallest absolute Gasteiger partial charge is 0.340 e. The molecule has 2 heterocycles. The van der Waals surface area contributed by atoms with Gasteiger partial charge in [0, 0.05) is 32.2 Å². The molecular weight excluding hydrogens is 378 g/mol. The van der Waals surface area contributed by atoms with Gasteiger partial charge in [0.15, 0.2) is 0 Å². The van der Waals surface area contributed by atoms with Crippen LogP contribution in [-0.2, 0) is 4.79 Å². The van der Waals surface area contributed by atoms with Crippen molar-refractivity contribution in [2.75, 3.05) is 32.7 Å². The summed E-state index contributed by atoms with van der Waals surface area (Å²) in [6.45, 7) is 0.821. The van der Waals surface area contributed by atoms with Crippen LogP contribution in [0.5, 0.6) is 0 Å². The molecule has 0 radical (unpaired) electrons. The molecule has 2 aliphatic heterocycles. The van der Waals surface area contributed by atoms with E-state index in [9.17, 15) is 18.0 Å². The number of hydrogen-bond donors (Lipinski definition) is 1. The van der Waals surface area contributed by atoms with Gasteiger partial charge in [0.25, 0.3) is 0 Å². The van der Waals surface area contributed by atoms with E-state index in [1.54, 1.807) is 4.90 Å². The zero-order valence-corrected chi connectivity index (χ0v) is 15.9. The van der Waals surface area contributed by atoms with Crippen LogP contribution in [0.1, 0.15) is 38.5 Å². The second-order valence-corrected chi connectivity index (χ2v) is 7.18. The van der Waals surface area contributed by atoms with E-state index < -0.39 is 12.7 Å². The van der Waals surface area contributed by atoms with Crippen molar-refractivity contribution in [1.29, 1.82) is 0 Å². The van der Waals surface area contributed by atoms with E-state index in [0.29, 0.717) is 44.6 Å². The number of nitrogens with zero attached hydrogens (tertiary/aromatic N) is 2. The maximum absolute atomic E-state index is 12.7. The maximum atomic E-state index is 12.7. The first-order valence-electron chi connectivity index (χ1n) is 8.76. The molecule has 1 aliphatic carbocycles. The highest BCUT2D eigenvalue weighted by atomic mass is 35.5. The molecule has 0 bridgehead atoms. The molecule has 1 amide bonds. The molecular formula is C16H28Cl2F3N3O. The average Bonchev–Trinajstić information content (AvgIpc) is 2.79. The van der Waals surface area contributed by atoms with Crippen LogP contribution in [0.4, 0.5) is 13.2 Å². The number of halogens is 5. The van der Waals surface area contributed by atoms with Crippen LogP contribution >= 0.6 is 24.8 Å². The van der Waals surface area contributed by atoms with Gasteiger partial charge in [-0.2, -0.15) is 13.2 Å². The van der Waals surface area contributed by atoms with Gasteiger partial charge < -0.3 is 10.2 Å². The second-order valence-electron chi connectivity index (χ2n) is 7.18.